The van der Waals surface area contributed by atoms with Crippen molar-refractivity contribution in [3.05, 3.63) is 81.4 Å². The van der Waals surface area contributed by atoms with Gasteiger partial charge in [-0.3, -0.25) is 4.79 Å². The molecule has 1 saturated carbocycles. The number of aromatic amines is 1. The van der Waals surface area contributed by atoms with Crippen LogP contribution in [0.15, 0.2) is 53.9 Å². The Balaban J connectivity index is 1.46. The molecule has 1 amide bonds. The van der Waals surface area contributed by atoms with Crippen LogP contribution in [-0.4, -0.2) is 32.9 Å². The summed E-state index contributed by atoms with van der Waals surface area (Å²) in [4.78, 5) is 24.4. The van der Waals surface area contributed by atoms with Crippen molar-refractivity contribution >= 4 is 33.8 Å². The maximum absolute atomic E-state index is 14.1. The zero-order valence-electron chi connectivity index (χ0n) is 21.2. The van der Waals surface area contributed by atoms with Gasteiger partial charge >= 0.3 is 0 Å². The summed E-state index contributed by atoms with van der Waals surface area (Å²) in [5, 5.41) is 7.24. The molecule has 0 radical (unpaired) electrons. The maximum Gasteiger partial charge on any atom is 0.274 e. The van der Waals surface area contributed by atoms with E-state index in [0.29, 0.717) is 16.7 Å². The van der Waals surface area contributed by atoms with E-state index < -0.39 is 0 Å². The lowest BCUT2D eigenvalue weighted by Gasteiger charge is -2.42. The Labute approximate surface area is 222 Å². The van der Waals surface area contributed by atoms with E-state index in [-0.39, 0.29) is 18.0 Å². The van der Waals surface area contributed by atoms with Crippen molar-refractivity contribution in [2.45, 2.75) is 70.0 Å². The summed E-state index contributed by atoms with van der Waals surface area (Å²) in [6, 6.07) is 17.6. The number of carbonyl (C=O) groups excluding carboxylic acids is 1. The molecule has 3 heterocycles. The summed E-state index contributed by atoms with van der Waals surface area (Å²) in [7, 11) is 0. The van der Waals surface area contributed by atoms with E-state index >= 15 is 0 Å². The van der Waals surface area contributed by atoms with E-state index in [9.17, 15) is 4.79 Å². The lowest BCUT2D eigenvalue weighted by Crippen LogP contribution is -2.48. The molecule has 37 heavy (non-hydrogen) atoms. The number of fused-ring (bicyclic) bond motifs is 3. The number of aromatic nitrogens is 2. The molecule has 2 N–H and O–H groups in total. The van der Waals surface area contributed by atoms with Crippen molar-refractivity contribution in [1.29, 1.82) is 0 Å². The van der Waals surface area contributed by atoms with Gasteiger partial charge in [-0.15, -0.1) is 17.8 Å². The fourth-order valence-corrected chi connectivity index (χ4v) is 6.37. The molecule has 1 fully saturated rings. The molecule has 5 nitrogen and oxygen atoms in total. The number of amides is 1. The molecule has 2 atom stereocenters. The molecule has 4 aromatic rings. The maximum atomic E-state index is 14.1. The van der Waals surface area contributed by atoms with Crippen LogP contribution in [0.4, 0.5) is 5.69 Å². The number of anilines is 1. The minimum absolute atomic E-state index is 0.0511. The number of thiazole rings is 1. The molecule has 1 aliphatic carbocycles. The van der Waals surface area contributed by atoms with Gasteiger partial charge in [-0.25, -0.2) is 4.98 Å². The van der Waals surface area contributed by atoms with Crippen molar-refractivity contribution in [2.24, 2.45) is 0 Å². The largest absolute Gasteiger partial charge is 0.382 e. The van der Waals surface area contributed by atoms with Gasteiger partial charge in [0, 0.05) is 39.7 Å². The standard InChI is InChI=1S/C31H32N4OS/c1-3-5-11-23-18-25-24-12-6-7-13-26(24)34-29(25)30(35(23)31(36)27-19-37-28(4-2)33-27)20-14-16-22(17-15-20)32-21-9-8-10-21/h2,6-7,12-17,19,21,23,30,32,34H,3,5,8-11,18H2,1H3/t23-,30-/m0/s1. The third kappa shape index (κ3) is 4.42. The summed E-state index contributed by atoms with van der Waals surface area (Å²) in [6.45, 7) is 2.21. The number of nitrogens with zero attached hydrogens (tertiary/aromatic N) is 2. The fraction of sp³-hybridized carbons (Fsp3) is 0.355. The van der Waals surface area contributed by atoms with Gasteiger partial charge in [-0.05, 0) is 67.4 Å². The Bertz CT molecular complexity index is 1460. The van der Waals surface area contributed by atoms with Gasteiger partial charge in [0.2, 0.25) is 0 Å². The zero-order chi connectivity index (χ0) is 25.4. The molecule has 0 bridgehead atoms. The summed E-state index contributed by atoms with van der Waals surface area (Å²) in [5.74, 6) is 2.53. The van der Waals surface area contributed by atoms with Gasteiger partial charge in [0.1, 0.15) is 5.69 Å². The van der Waals surface area contributed by atoms with Crippen LogP contribution in [0.2, 0.25) is 0 Å². The third-order valence-electron chi connectivity index (χ3n) is 7.91. The van der Waals surface area contributed by atoms with E-state index in [0.717, 1.165) is 48.1 Å². The SMILES string of the molecule is C#Cc1nc(C(=O)N2[C@@H](CCCC)Cc3c([nH]c4ccccc34)[C@@H]2c2ccc(NC3CCC3)cc2)cs1. The first kappa shape index (κ1) is 23.8. The number of para-hydroxylation sites is 1. The second-order valence-corrected chi connectivity index (χ2v) is 11.1. The highest BCUT2D eigenvalue weighted by Crippen LogP contribution is 2.43. The number of carbonyl (C=O) groups is 1. The minimum Gasteiger partial charge on any atom is -0.382 e. The smallest absolute Gasteiger partial charge is 0.274 e. The quantitative estimate of drug-likeness (QED) is 0.267. The highest BCUT2D eigenvalue weighted by molar-refractivity contribution is 7.10. The summed E-state index contributed by atoms with van der Waals surface area (Å²) < 4.78 is 0. The number of unbranched alkanes of at least 4 members (excludes halogenated alkanes) is 1. The van der Waals surface area contributed by atoms with Crippen LogP contribution in [0.3, 0.4) is 0 Å². The molecule has 6 rings (SSSR count). The fourth-order valence-electron chi connectivity index (χ4n) is 5.77. The average Bonchev–Trinajstić information content (AvgIpc) is 3.53. The number of nitrogens with one attached hydrogen (secondary N) is 2. The van der Waals surface area contributed by atoms with Crippen LogP contribution in [-0.2, 0) is 6.42 Å². The second-order valence-electron chi connectivity index (χ2n) is 10.3. The molecular weight excluding hydrogens is 476 g/mol. The van der Waals surface area contributed by atoms with Crippen LogP contribution in [0.1, 0.15) is 83.8 Å². The monoisotopic (exact) mass is 508 g/mol. The number of rotatable bonds is 7. The number of terminal acetylenes is 1. The van der Waals surface area contributed by atoms with E-state index in [4.69, 9.17) is 6.42 Å². The highest BCUT2D eigenvalue weighted by atomic mass is 32.1. The zero-order valence-corrected chi connectivity index (χ0v) is 22.0. The van der Waals surface area contributed by atoms with E-state index in [1.165, 1.54) is 41.5 Å². The molecular formula is C31H32N4OS. The molecule has 2 aromatic carbocycles. The van der Waals surface area contributed by atoms with Gasteiger partial charge in [0.25, 0.3) is 5.91 Å². The molecule has 2 aliphatic rings. The normalized spacial score (nSPS) is 19.3. The predicted molar refractivity (Wildman–Crippen MR) is 151 cm³/mol. The number of hydrogen-bond acceptors (Lipinski definition) is 4. The lowest BCUT2D eigenvalue weighted by atomic mass is 9.85. The first-order chi connectivity index (χ1) is 18.2. The highest BCUT2D eigenvalue weighted by Gasteiger charge is 2.41. The summed E-state index contributed by atoms with van der Waals surface area (Å²) >= 11 is 1.35. The first-order valence-electron chi connectivity index (χ1n) is 13.4. The van der Waals surface area contributed by atoms with Gasteiger partial charge in [0.05, 0.1) is 6.04 Å². The van der Waals surface area contributed by atoms with Crippen molar-refractivity contribution in [3.63, 3.8) is 0 Å². The van der Waals surface area contributed by atoms with Gasteiger partial charge in [0.15, 0.2) is 5.01 Å². The molecule has 1 aliphatic heterocycles. The number of H-pyrrole nitrogens is 1. The first-order valence-corrected chi connectivity index (χ1v) is 14.2. The second kappa shape index (κ2) is 10.1. The minimum atomic E-state index is -0.223. The van der Waals surface area contributed by atoms with Crippen LogP contribution in [0.25, 0.3) is 10.9 Å². The molecule has 6 heteroatoms. The topological polar surface area (TPSA) is 61.0 Å². The Morgan fingerprint density at radius 3 is 2.73 bits per heavy atom. The van der Waals surface area contributed by atoms with Gasteiger partial charge < -0.3 is 15.2 Å². The van der Waals surface area contributed by atoms with Crippen molar-refractivity contribution < 1.29 is 4.79 Å². The van der Waals surface area contributed by atoms with Gasteiger partial charge in [-0.2, -0.15) is 0 Å². The Morgan fingerprint density at radius 2 is 2.03 bits per heavy atom. The third-order valence-corrected chi connectivity index (χ3v) is 8.68. The van der Waals surface area contributed by atoms with Crippen molar-refractivity contribution in [1.82, 2.24) is 14.9 Å². The molecule has 0 saturated heterocycles. The van der Waals surface area contributed by atoms with Crippen molar-refractivity contribution in [3.8, 4) is 12.3 Å². The van der Waals surface area contributed by atoms with E-state index in [1.807, 2.05) is 0 Å². The molecule has 0 spiro atoms. The number of hydrogen-bond donors (Lipinski definition) is 2. The average molecular weight is 509 g/mol. The Hall–Kier alpha value is -3.56. The molecule has 0 unspecified atom stereocenters. The van der Waals surface area contributed by atoms with E-state index in [1.54, 1.807) is 5.38 Å². The summed E-state index contributed by atoms with van der Waals surface area (Å²) in [6.07, 6.45) is 13.3. The van der Waals surface area contributed by atoms with Crippen LogP contribution in [0.5, 0.6) is 0 Å². The van der Waals surface area contributed by atoms with Crippen molar-refractivity contribution in [2.75, 3.05) is 5.32 Å². The summed E-state index contributed by atoms with van der Waals surface area (Å²) in [5.41, 5.74) is 6.23. The molecule has 188 valence electrons. The Kier molecular flexibility index (Phi) is 6.48. The van der Waals surface area contributed by atoms with E-state index in [2.05, 4.69) is 81.6 Å². The van der Waals surface area contributed by atoms with Crippen LogP contribution in [0, 0.1) is 12.3 Å². The lowest BCUT2D eigenvalue weighted by molar-refractivity contribution is 0.0557. The van der Waals surface area contributed by atoms with Gasteiger partial charge in [-0.1, -0.05) is 50.1 Å². The van der Waals surface area contributed by atoms with Crippen LogP contribution >= 0.6 is 11.3 Å². The Morgan fingerprint density at radius 1 is 1.22 bits per heavy atom. The van der Waals surface area contributed by atoms with Crippen LogP contribution < -0.4 is 5.32 Å². The molecule has 2 aromatic heterocycles. The number of benzene rings is 2. The predicted octanol–water partition coefficient (Wildman–Crippen LogP) is 6.92.